The number of carbonyl (C=O) groups is 1. The van der Waals surface area contributed by atoms with Crippen molar-refractivity contribution in [2.45, 2.75) is 6.92 Å². The summed E-state index contributed by atoms with van der Waals surface area (Å²) in [6, 6.07) is 5.88. The van der Waals surface area contributed by atoms with Gasteiger partial charge in [-0.3, -0.25) is 9.69 Å². The Labute approximate surface area is 111 Å². The van der Waals surface area contributed by atoms with E-state index in [1.54, 1.807) is 12.1 Å². The van der Waals surface area contributed by atoms with E-state index in [-0.39, 0.29) is 17.7 Å². The molecule has 0 saturated carbocycles. The largest absolute Gasteiger partial charge is 0.492 e. The van der Waals surface area contributed by atoms with E-state index in [9.17, 15) is 9.18 Å². The quantitative estimate of drug-likeness (QED) is 0.884. The van der Waals surface area contributed by atoms with Crippen LogP contribution in [0.4, 0.5) is 4.39 Å². The van der Waals surface area contributed by atoms with Crippen LogP contribution in [-0.4, -0.2) is 42.2 Å². The Morgan fingerprint density at radius 3 is 2.68 bits per heavy atom. The molecule has 1 saturated heterocycles. The molecule has 1 heterocycles. The highest BCUT2D eigenvalue weighted by atomic mass is 19.1. The minimum Gasteiger partial charge on any atom is -0.492 e. The number of benzene rings is 1. The molecule has 1 aliphatic rings. The van der Waals surface area contributed by atoms with Crippen molar-refractivity contribution in [1.29, 1.82) is 0 Å². The Kier molecular flexibility index (Phi) is 4.37. The van der Waals surface area contributed by atoms with Crippen LogP contribution in [0.5, 0.6) is 5.75 Å². The Hall–Kier alpha value is -1.62. The van der Waals surface area contributed by atoms with Gasteiger partial charge in [-0.2, -0.15) is 0 Å². The normalized spacial score (nSPS) is 23.5. The third-order valence-electron chi connectivity index (χ3n) is 3.50. The zero-order valence-electron chi connectivity index (χ0n) is 10.9. The van der Waals surface area contributed by atoms with Crippen molar-refractivity contribution in [2.75, 3.05) is 26.2 Å². The molecule has 2 atom stereocenters. The summed E-state index contributed by atoms with van der Waals surface area (Å²) < 4.78 is 18.2. The van der Waals surface area contributed by atoms with Gasteiger partial charge in [0, 0.05) is 19.6 Å². The summed E-state index contributed by atoms with van der Waals surface area (Å²) >= 11 is 0. The first kappa shape index (κ1) is 13.8. The average molecular weight is 267 g/mol. The van der Waals surface area contributed by atoms with E-state index < -0.39 is 5.97 Å². The highest BCUT2D eigenvalue weighted by Crippen LogP contribution is 2.22. The maximum Gasteiger partial charge on any atom is 0.308 e. The summed E-state index contributed by atoms with van der Waals surface area (Å²) in [6.45, 7) is 4.48. The van der Waals surface area contributed by atoms with Gasteiger partial charge in [0.15, 0.2) is 0 Å². The van der Waals surface area contributed by atoms with Crippen molar-refractivity contribution < 1.29 is 19.0 Å². The molecule has 0 aromatic heterocycles. The van der Waals surface area contributed by atoms with E-state index in [1.807, 2.05) is 6.92 Å². The summed E-state index contributed by atoms with van der Waals surface area (Å²) in [5.41, 5.74) is 0. The second kappa shape index (κ2) is 6.02. The van der Waals surface area contributed by atoms with E-state index in [4.69, 9.17) is 9.84 Å². The number of hydrogen-bond donors (Lipinski definition) is 1. The molecule has 5 heteroatoms. The molecule has 1 aliphatic heterocycles. The van der Waals surface area contributed by atoms with Gasteiger partial charge >= 0.3 is 5.97 Å². The number of carboxylic acids is 1. The smallest absolute Gasteiger partial charge is 0.308 e. The number of carboxylic acid groups (broad SMARTS) is 1. The first-order valence-corrected chi connectivity index (χ1v) is 6.40. The summed E-state index contributed by atoms with van der Waals surface area (Å²) in [7, 11) is 0. The van der Waals surface area contributed by atoms with Gasteiger partial charge in [-0.15, -0.1) is 0 Å². The fourth-order valence-corrected chi connectivity index (χ4v) is 2.39. The lowest BCUT2D eigenvalue weighted by Gasteiger charge is -2.15. The van der Waals surface area contributed by atoms with Crippen molar-refractivity contribution in [3.63, 3.8) is 0 Å². The van der Waals surface area contributed by atoms with Crippen molar-refractivity contribution in [3.05, 3.63) is 30.1 Å². The van der Waals surface area contributed by atoms with E-state index in [1.165, 1.54) is 12.1 Å². The lowest BCUT2D eigenvalue weighted by molar-refractivity contribution is -0.142. The van der Waals surface area contributed by atoms with Gasteiger partial charge in [0.25, 0.3) is 0 Å². The minimum absolute atomic E-state index is 0.170. The van der Waals surface area contributed by atoms with E-state index in [2.05, 4.69) is 4.90 Å². The molecule has 1 fully saturated rings. The molecule has 0 aliphatic carbocycles. The van der Waals surface area contributed by atoms with Gasteiger partial charge < -0.3 is 9.84 Å². The summed E-state index contributed by atoms with van der Waals surface area (Å²) in [5, 5.41) is 9.04. The summed E-state index contributed by atoms with van der Waals surface area (Å²) in [5.74, 6) is -0.503. The fraction of sp³-hybridized carbons (Fsp3) is 0.500. The van der Waals surface area contributed by atoms with Crippen LogP contribution in [0.1, 0.15) is 6.92 Å². The number of rotatable bonds is 5. The van der Waals surface area contributed by atoms with Gasteiger partial charge in [0.05, 0.1) is 5.92 Å². The van der Waals surface area contributed by atoms with Gasteiger partial charge in [0.2, 0.25) is 0 Å². The Bertz CT molecular complexity index is 435. The van der Waals surface area contributed by atoms with Crippen LogP contribution in [0.2, 0.25) is 0 Å². The van der Waals surface area contributed by atoms with Gasteiger partial charge in [-0.25, -0.2) is 4.39 Å². The fourth-order valence-electron chi connectivity index (χ4n) is 2.39. The number of hydrogen-bond acceptors (Lipinski definition) is 3. The monoisotopic (exact) mass is 267 g/mol. The van der Waals surface area contributed by atoms with Crippen LogP contribution in [0.15, 0.2) is 24.3 Å². The molecule has 104 valence electrons. The van der Waals surface area contributed by atoms with Gasteiger partial charge in [-0.1, -0.05) is 6.92 Å². The number of halogens is 1. The van der Waals surface area contributed by atoms with Crippen LogP contribution in [0.25, 0.3) is 0 Å². The Morgan fingerprint density at radius 1 is 1.42 bits per heavy atom. The predicted octanol–water partition coefficient (Wildman–Crippen LogP) is 1.86. The van der Waals surface area contributed by atoms with Crippen LogP contribution >= 0.6 is 0 Å². The molecule has 1 aromatic carbocycles. The average Bonchev–Trinajstić information content (AvgIpc) is 2.73. The third kappa shape index (κ3) is 3.67. The summed E-state index contributed by atoms with van der Waals surface area (Å²) in [4.78, 5) is 13.1. The molecular weight excluding hydrogens is 249 g/mol. The Morgan fingerprint density at radius 2 is 2.11 bits per heavy atom. The van der Waals surface area contributed by atoms with Crippen LogP contribution in [0, 0.1) is 17.7 Å². The van der Waals surface area contributed by atoms with Crippen molar-refractivity contribution in [2.24, 2.45) is 11.8 Å². The molecule has 1 aromatic rings. The lowest BCUT2D eigenvalue weighted by atomic mass is 9.99. The molecule has 0 spiro atoms. The highest BCUT2D eigenvalue weighted by Gasteiger charge is 2.34. The first-order chi connectivity index (χ1) is 9.06. The maximum atomic E-state index is 12.7. The van der Waals surface area contributed by atoms with Crippen molar-refractivity contribution in [3.8, 4) is 5.75 Å². The molecular formula is C14H18FNO3. The topological polar surface area (TPSA) is 49.8 Å². The molecule has 2 rings (SSSR count). The minimum atomic E-state index is -0.727. The number of likely N-dealkylation sites (tertiary alicyclic amines) is 1. The molecule has 1 N–H and O–H groups in total. The maximum absolute atomic E-state index is 12.7. The standard InChI is InChI=1S/C14H18FNO3/c1-10-8-16(9-13(10)14(17)18)6-7-19-12-4-2-11(15)3-5-12/h2-5,10,13H,6-9H2,1H3,(H,17,18). The zero-order valence-corrected chi connectivity index (χ0v) is 10.9. The lowest BCUT2D eigenvalue weighted by Crippen LogP contribution is -2.27. The number of aliphatic carboxylic acids is 1. The third-order valence-corrected chi connectivity index (χ3v) is 3.50. The first-order valence-electron chi connectivity index (χ1n) is 6.40. The van der Waals surface area contributed by atoms with E-state index in [0.29, 0.717) is 25.4 Å². The molecule has 0 radical (unpaired) electrons. The Balaban J connectivity index is 1.75. The van der Waals surface area contributed by atoms with Crippen LogP contribution in [0.3, 0.4) is 0 Å². The van der Waals surface area contributed by atoms with Crippen molar-refractivity contribution in [1.82, 2.24) is 4.90 Å². The predicted molar refractivity (Wildman–Crippen MR) is 68.6 cm³/mol. The molecule has 0 amide bonds. The SMILES string of the molecule is CC1CN(CCOc2ccc(F)cc2)CC1C(=O)O. The van der Waals surface area contributed by atoms with Gasteiger partial charge in [0.1, 0.15) is 18.2 Å². The van der Waals surface area contributed by atoms with Gasteiger partial charge in [-0.05, 0) is 30.2 Å². The van der Waals surface area contributed by atoms with E-state index in [0.717, 1.165) is 6.54 Å². The van der Waals surface area contributed by atoms with E-state index >= 15 is 0 Å². The number of ether oxygens (including phenoxy) is 1. The molecule has 19 heavy (non-hydrogen) atoms. The highest BCUT2D eigenvalue weighted by molar-refractivity contribution is 5.71. The second-order valence-electron chi connectivity index (χ2n) is 4.98. The molecule has 2 unspecified atom stereocenters. The molecule has 0 bridgehead atoms. The van der Waals surface area contributed by atoms with Crippen LogP contribution in [-0.2, 0) is 4.79 Å². The second-order valence-corrected chi connectivity index (χ2v) is 4.98. The molecule has 4 nitrogen and oxygen atoms in total. The van der Waals surface area contributed by atoms with Crippen molar-refractivity contribution >= 4 is 5.97 Å². The zero-order chi connectivity index (χ0) is 13.8. The van der Waals surface area contributed by atoms with Crippen LogP contribution < -0.4 is 4.74 Å². The number of nitrogens with zero attached hydrogens (tertiary/aromatic N) is 1. The summed E-state index contributed by atoms with van der Waals surface area (Å²) in [6.07, 6.45) is 0.